The molecule has 1 atom stereocenters. The largest absolute Gasteiger partial charge is 0.475 e. The molecular formula is C11H15NO4. The van der Waals surface area contributed by atoms with Crippen LogP contribution in [0.4, 0.5) is 0 Å². The van der Waals surface area contributed by atoms with Crippen molar-refractivity contribution in [3.05, 3.63) is 23.7 Å². The molecule has 16 heavy (non-hydrogen) atoms. The molecule has 0 saturated carbocycles. The number of furan rings is 1. The van der Waals surface area contributed by atoms with Crippen molar-refractivity contribution in [2.75, 3.05) is 13.2 Å². The van der Waals surface area contributed by atoms with Gasteiger partial charge in [-0.3, -0.25) is 0 Å². The number of carbonyl (C=O) groups is 1. The van der Waals surface area contributed by atoms with E-state index in [1.54, 1.807) is 6.07 Å². The lowest BCUT2D eigenvalue weighted by Crippen LogP contribution is -2.36. The Morgan fingerprint density at radius 2 is 2.50 bits per heavy atom. The molecule has 0 aromatic carbocycles. The van der Waals surface area contributed by atoms with Crippen molar-refractivity contribution >= 4 is 5.97 Å². The fraction of sp³-hybridized carbons (Fsp3) is 0.545. The molecule has 1 aromatic heterocycles. The van der Waals surface area contributed by atoms with E-state index in [0.29, 0.717) is 24.8 Å². The second-order valence-corrected chi connectivity index (χ2v) is 3.88. The third kappa shape index (κ3) is 2.62. The molecule has 1 unspecified atom stereocenters. The van der Waals surface area contributed by atoms with E-state index in [-0.39, 0.29) is 5.76 Å². The monoisotopic (exact) mass is 225 g/mol. The molecule has 2 heterocycles. The highest BCUT2D eigenvalue weighted by atomic mass is 16.5. The lowest BCUT2D eigenvalue weighted by Gasteiger charge is -2.22. The van der Waals surface area contributed by atoms with Crippen LogP contribution in [0.5, 0.6) is 0 Å². The molecule has 2 N–H and O–H groups in total. The average Bonchev–Trinajstić information content (AvgIpc) is 2.76. The number of aromatic carboxylic acids is 1. The van der Waals surface area contributed by atoms with Crippen LogP contribution in [-0.2, 0) is 11.3 Å². The van der Waals surface area contributed by atoms with Crippen LogP contribution in [0.2, 0.25) is 0 Å². The zero-order valence-electron chi connectivity index (χ0n) is 8.94. The normalized spacial score (nSPS) is 20.9. The van der Waals surface area contributed by atoms with Gasteiger partial charge in [-0.1, -0.05) is 0 Å². The van der Waals surface area contributed by atoms with Crippen molar-refractivity contribution < 1.29 is 19.1 Å². The third-order valence-corrected chi connectivity index (χ3v) is 2.68. The Hall–Kier alpha value is -1.33. The molecule has 1 saturated heterocycles. The van der Waals surface area contributed by atoms with Crippen LogP contribution in [-0.4, -0.2) is 30.3 Å². The van der Waals surface area contributed by atoms with Gasteiger partial charge in [0.15, 0.2) is 0 Å². The molecule has 0 spiro atoms. The number of ether oxygens (including phenoxy) is 1. The number of hydrogen-bond donors (Lipinski definition) is 2. The van der Waals surface area contributed by atoms with Crippen molar-refractivity contribution in [1.82, 2.24) is 5.32 Å². The van der Waals surface area contributed by atoms with Crippen molar-refractivity contribution in [2.45, 2.75) is 25.4 Å². The molecular weight excluding hydrogens is 210 g/mol. The molecule has 1 aromatic rings. The van der Waals surface area contributed by atoms with Crippen LogP contribution in [0.1, 0.15) is 29.0 Å². The van der Waals surface area contributed by atoms with Gasteiger partial charge in [0.05, 0.1) is 12.9 Å². The van der Waals surface area contributed by atoms with E-state index in [1.165, 1.54) is 6.26 Å². The Balaban J connectivity index is 1.88. The highest BCUT2D eigenvalue weighted by molar-refractivity contribution is 5.86. The summed E-state index contributed by atoms with van der Waals surface area (Å²) >= 11 is 0. The van der Waals surface area contributed by atoms with Gasteiger partial charge in [-0.15, -0.1) is 0 Å². The zero-order chi connectivity index (χ0) is 11.4. The SMILES string of the molecule is O=C(O)c1occc1CNC1CCCOC1. The van der Waals surface area contributed by atoms with Gasteiger partial charge in [0.2, 0.25) is 5.76 Å². The first-order valence-corrected chi connectivity index (χ1v) is 5.38. The van der Waals surface area contributed by atoms with Gasteiger partial charge in [-0.25, -0.2) is 4.79 Å². The second-order valence-electron chi connectivity index (χ2n) is 3.88. The molecule has 5 nitrogen and oxygen atoms in total. The molecule has 0 radical (unpaired) electrons. The van der Waals surface area contributed by atoms with Crippen LogP contribution in [0.15, 0.2) is 16.7 Å². The summed E-state index contributed by atoms with van der Waals surface area (Å²) in [7, 11) is 0. The molecule has 5 heteroatoms. The van der Waals surface area contributed by atoms with Gasteiger partial charge in [0.25, 0.3) is 0 Å². The molecule has 1 fully saturated rings. The van der Waals surface area contributed by atoms with Crippen molar-refractivity contribution in [3.63, 3.8) is 0 Å². The summed E-state index contributed by atoms with van der Waals surface area (Å²) in [4.78, 5) is 10.8. The van der Waals surface area contributed by atoms with Crippen LogP contribution in [0.3, 0.4) is 0 Å². The maximum Gasteiger partial charge on any atom is 0.372 e. The average molecular weight is 225 g/mol. The van der Waals surface area contributed by atoms with Gasteiger partial charge in [0, 0.05) is 24.8 Å². The van der Waals surface area contributed by atoms with Gasteiger partial charge >= 0.3 is 5.97 Å². The minimum Gasteiger partial charge on any atom is -0.475 e. The van der Waals surface area contributed by atoms with E-state index < -0.39 is 5.97 Å². The highest BCUT2D eigenvalue weighted by Gasteiger charge is 2.17. The third-order valence-electron chi connectivity index (χ3n) is 2.68. The summed E-state index contributed by atoms with van der Waals surface area (Å²) in [5, 5.41) is 12.1. The van der Waals surface area contributed by atoms with Gasteiger partial charge in [0.1, 0.15) is 0 Å². The van der Waals surface area contributed by atoms with Crippen LogP contribution in [0, 0.1) is 0 Å². The maximum atomic E-state index is 10.8. The minimum absolute atomic E-state index is 0.0178. The fourth-order valence-corrected chi connectivity index (χ4v) is 1.82. The van der Waals surface area contributed by atoms with Gasteiger partial charge < -0.3 is 19.6 Å². The Labute approximate surface area is 93.4 Å². The van der Waals surface area contributed by atoms with E-state index in [4.69, 9.17) is 14.3 Å². The van der Waals surface area contributed by atoms with Gasteiger partial charge in [-0.2, -0.15) is 0 Å². The van der Waals surface area contributed by atoms with E-state index in [9.17, 15) is 4.79 Å². The Kier molecular flexibility index (Phi) is 3.58. The second kappa shape index (κ2) is 5.14. The smallest absolute Gasteiger partial charge is 0.372 e. The topological polar surface area (TPSA) is 71.7 Å². The summed E-state index contributed by atoms with van der Waals surface area (Å²) in [6.45, 7) is 2.02. The summed E-state index contributed by atoms with van der Waals surface area (Å²) < 4.78 is 10.2. The Morgan fingerprint density at radius 1 is 1.62 bits per heavy atom. The van der Waals surface area contributed by atoms with Crippen LogP contribution in [0.25, 0.3) is 0 Å². The fourth-order valence-electron chi connectivity index (χ4n) is 1.82. The molecule has 0 aliphatic carbocycles. The molecule has 0 amide bonds. The first kappa shape index (κ1) is 11.2. The van der Waals surface area contributed by atoms with Gasteiger partial charge in [-0.05, 0) is 18.9 Å². The standard InChI is InChI=1S/C11H15NO4/c13-11(14)10-8(3-5-16-10)6-12-9-2-1-4-15-7-9/h3,5,9,12H,1-2,4,6-7H2,(H,13,14). The number of rotatable bonds is 4. The summed E-state index contributed by atoms with van der Waals surface area (Å²) in [6, 6.07) is 1.99. The first-order valence-electron chi connectivity index (χ1n) is 5.38. The molecule has 2 rings (SSSR count). The summed E-state index contributed by atoms with van der Waals surface area (Å²) in [5.74, 6) is -1.01. The lowest BCUT2D eigenvalue weighted by molar-refractivity contribution is 0.0655. The van der Waals surface area contributed by atoms with E-state index in [2.05, 4.69) is 5.32 Å². The number of nitrogens with one attached hydrogen (secondary N) is 1. The summed E-state index contributed by atoms with van der Waals surface area (Å²) in [5.41, 5.74) is 0.679. The van der Waals surface area contributed by atoms with Crippen molar-refractivity contribution in [1.29, 1.82) is 0 Å². The quantitative estimate of drug-likeness (QED) is 0.806. The lowest BCUT2D eigenvalue weighted by atomic mass is 10.1. The molecule has 0 bridgehead atoms. The number of carboxylic acids is 1. The van der Waals surface area contributed by atoms with E-state index in [1.807, 2.05) is 0 Å². The van der Waals surface area contributed by atoms with Crippen LogP contribution >= 0.6 is 0 Å². The summed E-state index contributed by atoms with van der Waals surface area (Å²) in [6.07, 6.45) is 3.52. The van der Waals surface area contributed by atoms with Crippen molar-refractivity contribution in [2.24, 2.45) is 0 Å². The Morgan fingerprint density at radius 3 is 3.19 bits per heavy atom. The van der Waals surface area contributed by atoms with Crippen molar-refractivity contribution in [3.8, 4) is 0 Å². The van der Waals surface area contributed by atoms with E-state index in [0.717, 1.165) is 19.4 Å². The molecule has 1 aliphatic heterocycles. The minimum atomic E-state index is -1.03. The zero-order valence-corrected chi connectivity index (χ0v) is 8.94. The maximum absolute atomic E-state index is 10.8. The predicted molar refractivity (Wildman–Crippen MR) is 56.3 cm³/mol. The Bertz CT molecular complexity index is 355. The number of carboxylic acid groups (broad SMARTS) is 1. The van der Waals surface area contributed by atoms with Crippen LogP contribution < -0.4 is 5.32 Å². The number of hydrogen-bond acceptors (Lipinski definition) is 4. The van der Waals surface area contributed by atoms with E-state index >= 15 is 0 Å². The highest BCUT2D eigenvalue weighted by Crippen LogP contribution is 2.12. The molecule has 1 aliphatic rings. The predicted octanol–water partition coefficient (Wildman–Crippen LogP) is 1.25. The first-order chi connectivity index (χ1) is 7.77. The molecule has 88 valence electrons.